The highest BCUT2D eigenvalue weighted by Gasteiger charge is 2.38. The number of H-pyrrole nitrogens is 1. The highest BCUT2D eigenvalue weighted by molar-refractivity contribution is 5.93. The molecule has 2 amide bonds. The van der Waals surface area contributed by atoms with Crippen LogP contribution < -0.4 is 0 Å². The lowest BCUT2D eigenvalue weighted by molar-refractivity contribution is 0.0658. The highest BCUT2D eigenvalue weighted by atomic mass is 16.6. The first-order valence-electron chi connectivity index (χ1n) is 8.52. The number of carbonyl (C=O) groups is 2. The van der Waals surface area contributed by atoms with Gasteiger partial charge in [0.2, 0.25) is 0 Å². The average molecular weight is 340 g/mol. The maximum Gasteiger partial charge on any atom is 0.410 e. The molecule has 2 aliphatic heterocycles. The fraction of sp³-hybridized carbons (Fsp3) is 0.389. The van der Waals surface area contributed by atoms with E-state index in [9.17, 15) is 9.59 Å². The quantitative estimate of drug-likeness (QED) is 0.929. The number of nitrogens with zero attached hydrogens (tertiary/aromatic N) is 3. The molecule has 1 atom stereocenters. The molecule has 2 aliphatic rings. The van der Waals surface area contributed by atoms with Gasteiger partial charge < -0.3 is 14.5 Å². The van der Waals surface area contributed by atoms with Crippen LogP contribution in [0.2, 0.25) is 0 Å². The first-order chi connectivity index (χ1) is 12.2. The number of likely N-dealkylation sites (tertiary alicyclic amines) is 1. The van der Waals surface area contributed by atoms with E-state index >= 15 is 0 Å². The second kappa shape index (κ2) is 6.58. The van der Waals surface area contributed by atoms with Crippen LogP contribution in [0.4, 0.5) is 4.79 Å². The monoisotopic (exact) mass is 340 g/mol. The molecule has 7 nitrogen and oxygen atoms in total. The van der Waals surface area contributed by atoms with Gasteiger partial charge in [0.15, 0.2) is 0 Å². The average Bonchev–Trinajstić information content (AvgIpc) is 3.32. The van der Waals surface area contributed by atoms with E-state index in [4.69, 9.17) is 4.74 Å². The third-order valence-electron chi connectivity index (χ3n) is 4.95. The van der Waals surface area contributed by atoms with E-state index in [1.807, 2.05) is 40.1 Å². The molecule has 0 bridgehead atoms. The predicted molar refractivity (Wildman–Crippen MR) is 89.9 cm³/mol. The number of amides is 2. The van der Waals surface area contributed by atoms with Crippen molar-refractivity contribution in [1.29, 1.82) is 0 Å². The van der Waals surface area contributed by atoms with Crippen LogP contribution in [-0.2, 0) is 4.74 Å². The smallest absolute Gasteiger partial charge is 0.410 e. The van der Waals surface area contributed by atoms with E-state index in [-0.39, 0.29) is 24.1 Å². The van der Waals surface area contributed by atoms with Gasteiger partial charge in [-0.3, -0.25) is 9.89 Å². The summed E-state index contributed by atoms with van der Waals surface area (Å²) in [6.45, 7) is 1.84. The van der Waals surface area contributed by atoms with Gasteiger partial charge in [-0.1, -0.05) is 30.3 Å². The molecule has 0 radical (unpaired) electrons. The fourth-order valence-corrected chi connectivity index (χ4v) is 3.55. The minimum Gasteiger partial charge on any atom is -0.439 e. The lowest BCUT2D eigenvalue weighted by Crippen LogP contribution is -2.47. The molecule has 1 unspecified atom stereocenters. The minimum atomic E-state index is -0.256. The van der Waals surface area contributed by atoms with Gasteiger partial charge in [-0.25, -0.2) is 4.79 Å². The fourth-order valence-electron chi connectivity index (χ4n) is 3.55. The van der Waals surface area contributed by atoms with Gasteiger partial charge in [0.25, 0.3) is 5.91 Å². The molecule has 2 fully saturated rings. The Morgan fingerprint density at radius 3 is 2.64 bits per heavy atom. The Morgan fingerprint density at radius 2 is 1.96 bits per heavy atom. The van der Waals surface area contributed by atoms with Crippen molar-refractivity contribution >= 4 is 12.0 Å². The van der Waals surface area contributed by atoms with E-state index in [1.54, 1.807) is 6.20 Å². The number of hydrogen-bond donors (Lipinski definition) is 1. The molecule has 1 N–H and O–H groups in total. The lowest BCUT2D eigenvalue weighted by atomic mass is 10.0. The summed E-state index contributed by atoms with van der Waals surface area (Å²) < 4.78 is 5.54. The molecular weight excluding hydrogens is 320 g/mol. The van der Waals surface area contributed by atoms with Gasteiger partial charge in [-0.15, -0.1) is 0 Å². The number of ether oxygens (including phenoxy) is 1. The third kappa shape index (κ3) is 3.09. The van der Waals surface area contributed by atoms with Crippen molar-refractivity contribution in [3.05, 3.63) is 53.9 Å². The maximum absolute atomic E-state index is 12.4. The number of aromatic amines is 1. The number of hydrogen-bond acceptors (Lipinski definition) is 4. The Bertz CT molecular complexity index is 739. The summed E-state index contributed by atoms with van der Waals surface area (Å²) in [6, 6.07) is 9.93. The molecule has 0 aliphatic carbocycles. The van der Waals surface area contributed by atoms with Crippen molar-refractivity contribution in [2.45, 2.75) is 25.0 Å². The second-order valence-corrected chi connectivity index (χ2v) is 6.45. The molecule has 25 heavy (non-hydrogen) atoms. The number of nitrogens with one attached hydrogen (secondary N) is 1. The normalized spacial score (nSPS) is 21.4. The van der Waals surface area contributed by atoms with Crippen molar-refractivity contribution in [2.24, 2.45) is 0 Å². The summed E-state index contributed by atoms with van der Waals surface area (Å²) >= 11 is 0. The van der Waals surface area contributed by atoms with E-state index in [1.165, 1.54) is 6.20 Å². The summed E-state index contributed by atoms with van der Waals surface area (Å²) in [6.07, 6.45) is 4.21. The van der Waals surface area contributed by atoms with E-state index in [2.05, 4.69) is 10.2 Å². The number of cyclic esters (lactones) is 1. The van der Waals surface area contributed by atoms with Gasteiger partial charge in [-0.2, -0.15) is 5.10 Å². The van der Waals surface area contributed by atoms with Crippen LogP contribution in [0.15, 0.2) is 42.7 Å². The molecule has 0 saturated carbocycles. The molecular formula is C18H20N4O3. The zero-order valence-corrected chi connectivity index (χ0v) is 13.8. The van der Waals surface area contributed by atoms with Gasteiger partial charge in [0.05, 0.1) is 18.3 Å². The van der Waals surface area contributed by atoms with Crippen molar-refractivity contribution in [3.8, 4) is 0 Å². The van der Waals surface area contributed by atoms with Crippen LogP contribution in [0.25, 0.3) is 0 Å². The van der Waals surface area contributed by atoms with Gasteiger partial charge in [0, 0.05) is 25.3 Å². The standard InChI is InChI=1S/C18H20N4O3/c23-17(14-10-19-20-11-14)21-8-6-15(7-9-21)22-12-16(25-18(22)24)13-4-2-1-3-5-13/h1-5,10-11,15-16H,6-9,12H2,(H,19,20). The minimum absolute atomic E-state index is 0.0154. The number of aromatic nitrogens is 2. The number of rotatable bonds is 3. The first-order valence-corrected chi connectivity index (χ1v) is 8.52. The second-order valence-electron chi connectivity index (χ2n) is 6.45. The lowest BCUT2D eigenvalue weighted by Gasteiger charge is -2.35. The molecule has 3 heterocycles. The molecule has 1 aromatic carbocycles. The summed E-state index contributed by atoms with van der Waals surface area (Å²) in [5.41, 5.74) is 1.59. The summed E-state index contributed by atoms with van der Waals surface area (Å²) in [4.78, 5) is 28.3. The number of piperidine rings is 1. The maximum atomic E-state index is 12.4. The molecule has 4 rings (SSSR count). The summed E-state index contributed by atoms with van der Waals surface area (Å²) in [5.74, 6) is -0.0154. The van der Waals surface area contributed by atoms with Crippen molar-refractivity contribution in [3.63, 3.8) is 0 Å². The van der Waals surface area contributed by atoms with E-state index in [0.717, 1.165) is 18.4 Å². The Labute approximate surface area is 145 Å². The SMILES string of the molecule is O=C(c1cn[nH]c1)N1CCC(N2CC(c3ccccc3)OC2=O)CC1. The topological polar surface area (TPSA) is 78.5 Å². The molecule has 2 saturated heterocycles. The zero-order chi connectivity index (χ0) is 17.2. The first kappa shape index (κ1) is 15.7. The largest absolute Gasteiger partial charge is 0.439 e. The molecule has 2 aromatic rings. The Morgan fingerprint density at radius 1 is 1.20 bits per heavy atom. The number of carbonyl (C=O) groups excluding carboxylic acids is 2. The van der Waals surface area contributed by atoms with Crippen molar-refractivity contribution in [1.82, 2.24) is 20.0 Å². The van der Waals surface area contributed by atoms with Crippen LogP contribution in [0.5, 0.6) is 0 Å². The zero-order valence-electron chi connectivity index (χ0n) is 13.8. The van der Waals surface area contributed by atoms with Gasteiger partial charge in [0.1, 0.15) is 6.10 Å². The third-order valence-corrected chi connectivity index (χ3v) is 4.95. The number of benzene rings is 1. The Balaban J connectivity index is 1.36. The molecule has 130 valence electrons. The Kier molecular flexibility index (Phi) is 4.13. The highest BCUT2D eigenvalue weighted by Crippen LogP contribution is 2.30. The van der Waals surface area contributed by atoms with Crippen LogP contribution in [0, 0.1) is 0 Å². The summed E-state index contributed by atoms with van der Waals surface area (Å²) in [5, 5.41) is 6.48. The van der Waals surface area contributed by atoms with Crippen LogP contribution >= 0.6 is 0 Å². The van der Waals surface area contributed by atoms with Crippen molar-refractivity contribution < 1.29 is 14.3 Å². The van der Waals surface area contributed by atoms with Crippen molar-refractivity contribution in [2.75, 3.05) is 19.6 Å². The van der Waals surface area contributed by atoms with Crippen LogP contribution in [0.3, 0.4) is 0 Å². The predicted octanol–water partition coefficient (Wildman–Crippen LogP) is 2.21. The molecule has 1 aromatic heterocycles. The van der Waals surface area contributed by atoms with E-state index < -0.39 is 0 Å². The van der Waals surface area contributed by atoms with Crippen LogP contribution in [-0.4, -0.2) is 57.7 Å². The van der Waals surface area contributed by atoms with Gasteiger partial charge in [-0.05, 0) is 18.4 Å². The van der Waals surface area contributed by atoms with Gasteiger partial charge >= 0.3 is 6.09 Å². The molecule has 7 heteroatoms. The molecule has 0 spiro atoms. The summed E-state index contributed by atoms with van der Waals surface area (Å²) in [7, 11) is 0. The van der Waals surface area contributed by atoms with E-state index in [0.29, 0.717) is 25.2 Å². The van der Waals surface area contributed by atoms with Crippen LogP contribution in [0.1, 0.15) is 34.9 Å². The Hall–Kier alpha value is -2.83.